The normalized spacial score (nSPS) is 14.4. The molecule has 0 bridgehead atoms. The average molecular weight is 527 g/mol. The number of hydrogen-bond donors (Lipinski definition) is 0. The van der Waals surface area contributed by atoms with Crippen LogP contribution >= 0.6 is 0 Å². The lowest BCUT2D eigenvalue weighted by molar-refractivity contribution is 0.0620. The molecule has 0 spiro atoms. The zero-order valence-electron chi connectivity index (χ0n) is 21.0. The Balaban J connectivity index is 1.17. The molecule has 0 N–H and O–H groups in total. The Morgan fingerprint density at radius 2 is 1.76 bits per heavy atom. The molecule has 38 heavy (non-hydrogen) atoms. The van der Waals surface area contributed by atoms with Crippen molar-refractivity contribution in [2.75, 3.05) is 39.3 Å². The summed E-state index contributed by atoms with van der Waals surface area (Å²) in [5, 5.41) is 3.71. The molecule has 200 valence electrons. The van der Waals surface area contributed by atoms with Crippen LogP contribution in [0.25, 0.3) is 6.08 Å². The van der Waals surface area contributed by atoms with Gasteiger partial charge in [-0.2, -0.15) is 5.10 Å². The van der Waals surface area contributed by atoms with Crippen molar-refractivity contribution in [1.82, 2.24) is 19.6 Å². The number of hydrogen-bond acceptors (Lipinski definition) is 5. The molecular weight excluding hydrogens is 497 g/mol. The number of ketones is 1. The zero-order valence-corrected chi connectivity index (χ0v) is 21.0. The van der Waals surface area contributed by atoms with Gasteiger partial charge >= 0.3 is 0 Å². The van der Waals surface area contributed by atoms with E-state index in [4.69, 9.17) is 4.74 Å². The molecule has 0 unspecified atom stereocenters. The summed E-state index contributed by atoms with van der Waals surface area (Å²) in [6.07, 6.45) is 2.11. The molecule has 7 nitrogen and oxygen atoms in total. The van der Waals surface area contributed by atoms with Crippen LogP contribution in [-0.4, -0.2) is 70.6 Å². The molecule has 0 radical (unpaired) electrons. The smallest absolute Gasteiger partial charge is 0.282 e. The average Bonchev–Trinajstić information content (AvgIpc) is 3.33. The largest absolute Gasteiger partial charge is 0.494 e. The fraction of sp³-hybridized carbons (Fsp3) is 0.321. The Morgan fingerprint density at radius 1 is 1.05 bits per heavy atom. The number of ether oxygens (including phenoxy) is 1. The van der Waals surface area contributed by atoms with Crippen molar-refractivity contribution >= 4 is 17.8 Å². The van der Waals surface area contributed by atoms with Crippen LogP contribution in [0.4, 0.5) is 13.2 Å². The van der Waals surface area contributed by atoms with Gasteiger partial charge in [-0.15, -0.1) is 0 Å². The molecule has 10 heteroatoms. The molecule has 1 aromatic heterocycles. The first-order chi connectivity index (χ1) is 18.3. The minimum Gasteiger partial charge on any atom is -0.494 e. The molecule has 3 aromatic rings. The summed E-state index contributed by atoms with van der Waals surface area (Å²) in [5.74, 6) is -0.391. The van der Waals surface area contributed by atoms with E-state index in [9.17, 15) is 22.8 Å². The van der Waals surface area contributed by atoms with Gasteiger partial charge in [-0.1, -0.05) is 18.2 Å². The summed E-state index contributed by atoms with van der Waals surface area (Å²) in [4.78, 5) is 28.8. The van der Waals surface area contributed by atoms with E-state index >= 15 is 0 Å². The number of nitrogens with zero attached hydrogens (tertiary/aromatic N) is 4. The SMILES string of the molecule is Cn1cc(C(=O)N2CCN(CCCOc3ccc(C(=O)/C=C/c4ccccc4F)cc3)CC2)c(C(F)F)n1. The van der Waals surface area contributed by atoms with Gasteiger partial charge in [0.05, 0.1) is 12.2 Å². The number of aryl methyl sites for hydroxylation is 1. The molecule has 2 aromatic carbocycles. The van der Waals surface area contributed by atoms with E-state index in [1.165, 1.54) is 36.1 Å². The number of alkyl halides is 2. The van der Waals surface area contributed by atoms with Gasteiger partial charge in [0.25, 0.3) is 12.3 Å². The van der Waals surface area contributed by atoms with Gasteiger partial charge < -0.3 is 9.64 Å². The Labute approximate surface area is 219 Å². The summed E-state index contributed by atoms with van der Waals surface area (Å²) in [6, 6.07) is 13.0. The zero-order chi connectivity index (χ0) is 27.1. The highest BCUT2D eigenvalue weighted by molar-refractivity contribution is 6.06. The number of allylic oxidation sites excluding steroid dienone is 1. The van der Waals surface area contributed by atoms with Crippen LogP contribution in [0.15, 0.2) is 60.8 Å². The summed E-state index contributed by atoms with van der Waals surface area (Å²) >= 11 is 0. The van der Waals surface area contributed by atoms with Gasteiger partial charge in [0.15, 0.2) is 5.78 Å². The third-order valence-corrected chi connectivity index (χ3v) is 6.30. The van der Waals surface area contributed by atoms with E-state index in [-0.39, 0.29) is 17.2 Å². The van der Waals surface area contributed by atoms with Gasteiger partial charge in [-0.25, -0.2) is 13.2 Å². The van der Waals surface area contributed by atoms with Crippen LogP contribution < -0.4 is 4.74 Å². The first-order valence-corrected chi connectivity index (χ1v) is 12.3. The van der Waals surface area contributed by atoms with Crippen molar-refractivity contribution in [2.24, 2.45) is 7.05 Å². The Hall–Kier alpha value is -3.92. The molecule has 0 atom stereocenters. The second-order valence-electron chi connectivity index (χ2n) is 8.98. The van der Waals surface area contributed by atoms with E-state index in [2.05, 4.69) is 10.00 Å². The molecule has 0 saturated carbocycles. The summed E-state index contributed by atoms with van der Waals surface area (Å²) in [5.41, 5.74) is 0.305. The lowest BCUT2D eigenvalue weighted by Gasteiger charge is -2.34. The maximum absolute atomic E-state index is 13.7. The van der Waals surface area contributed by atoms with Crippen molar-refractivity contribution < 1.29 is 27.5 Å². The molecule has 1 fully saturated rings. The summed E-state index contributed by atoms with van der Waals surface area (Å²) < 4.78 is 47.1. The molecule has 1 amide bonds. The fourth-order valence-electron chi connectivity index (χ4n) is 4.24. The molecule has 1 aliphatic rings. The van der Waals surface area contributed by atoms with Crippen LogP contribution in [0.1, 0.15) is 44.8 Å². The molecule has 1 aliphatic heterocycles. The van der Waals surface area contributed by atoms with Gasteiger partial charge in [0, 0.05) is 57.1 Å². The van der Waals surface area contributed by atoms with Gasteiger partial charge in [0.1, 0.15) is 17.3 Å². The first kappa shape index (κ1) is 27.1. The third kappa shape index (κ3) is 6.89. The van der Waals surface area contributed by atoms with Crippen molar-refractivity contribution in [1.29, 1.82) is 0 Å². The lowest BCUT2D eigenvalue weighted by atomic mass is 10.1. The van der Waals surface area contributed by atoms with Crippen LogP contribution in [-0.2, 0) is 7.05 Å². The Kier molecular flexibility index (Phi) is 8.96. The highest BCUT2D eigenvalue weighted by Crippen LogP contribution is 2.23. The highest BCUT2D eigenvalue weighted by atomic mass is 19.3. The van der Waals surface area contributed by atoms with Crippen LogP contribution in [0.3, 0.4) is 0 Å². The molecule has 4 rings (SSSR count). The molecule has 0 aliphatic carbocycles. The van der Waals surface area contributed by atoms with Crippen molar-refractivity contribution in [3.05, 3.63) is 89.0 Å². The number of carbonyl (C=O) groups excluding carboxylic acids is 2. The van der Waals surface area contributed by atoms with E-state index in [1.807, 2.05) is 0 Å². The van der Waals surface area contributed by atoms with Crippen molar-refractivity contribution in [3.63, 3.8) is 0 Å². The van der Waals surface area contributed by atoms with E-state index in [1.54, 1.807) is 47.4 Å². The van der Waals surface area contributed by atoms with Crippen LogP contribution in [0.2, 0.25) is 0 Å². The second kappa shape index (κ2) is 12.6. The number of aromatic nitrogens is 2. The highest BCUT2D eigenvalue weighted by Gasteiger charge is 2.28. The monoisotopic (exact) mass is 526 g/mol. The number of piperazine rings is 1. The minimum atomic E-state index is -2.80. The third-order valence-electron chi connectivity index (χ3n) is 6.30. The minimum absolute atomic E-state index is 0.0433. The maximum Gasteiger partial charge on any atom is 0.282 e. The Morgan fingerprint density at radius 3 is 2.45 bits per heavy atom. The van der Waals surface area contributed by atoms with Crippen molar-refractivity contribution in [3.8, 4) is 5.75 Å². The van der Waals surface area contributed by atoms with E-state index in [0.717, 1.165) is 13.0 Å². The quantitative estimate of drug-likeness (QED) is 0.219. The predicted molar refractivity (Wildman–Crippen MR) is 137 cm³/mol. The van der Waals surface area contributed by atoms with Gasteiger partial charge in [-0.05, 0) is 48.9 Å². The topological polar surface area (TPSA) is 67.7 Å². The van der Waals surface area contributed by atoms with Crippen molar-refractivity contribution in [2.45, 2.75) is 12.8 Å². The predicted octanol–water partition coefficient (Wildman–Crippen LogP) is 4.62. The first-order valence-electron chi connectivity index (χ1n) is 12.3. The number of carbonyl (C=O) groups is 2. The standard InChI is InChI=1S/C28H29F3N4O3/c1-33-19-23(26(32-33)27(30)31)28(37)35-16-14-34(15-17-35)13-4-18-38-22-10-7-21(8-11-22)25(36)12-9-20-5-2-3-6-24(20)29/h2-3,5-12,19,27H,4,13-18H2,1H3/b12-9+. The lowest BCUT2D eigenvalue weighted by Crippen LogP contribution is -2.49. The molecule has 1 saturated heterocycles. The van der Waals surface area contributed by atoms with E-state index < -0.39 is 18.0 Å². The van der Waals surface area contributed by atoms with Crippen LogP contribution in [0.5, 0.6) is 5.75 Å². The summed E-state index contributed by atoms with van der Waals surface area (Å²) in [7, 11) is 1.52. The van der Waals surface area contributed by atoms with Gasteiger partial charge in [-0.3, -0.25) is 19.2 Å². The fourth-order valence-corrected chi connectivity index (χ4v) is 4.24. The van der Waals surface area contributed by atoms with Gasteiger partial charge in [0.2, 0.25) is 0 Å². The molecular formula is C28H29F3N4O3. The Bertz CT molecular complexity index is 1280. The number of amides is 1. The van der Waals surface area contributed by atoms with E-state index in [0.29, 0.717) is 49.7 Å². The maximum atomic E-state index is 13.7. The van der Waals surface area contributed by atoms with Crippen LogP contribution in [0, 0.1) is 5.82 Å². The number of halogens is 3. The summed E-state index contributed by atoms with van der Waals surface area (Å²) in [6.45, 7) is 3.46. The molecule has 2 heterocycles. The second-order valence-corrected chi connectivity index (χ2v) is 8.98. The number of rotatable bonds is 10. The number of benzene rings is 2.